The lowest BCUT2D eigenvalue weighted by molar-refractivity contribution is -0.264. The topological polar surface area (TPSA) is 199 Å². The number of carbonyl (C=O) groups is 5. The van der Waals surface area contributed by atoms with E-state index in [1.807, 2.05) is 64.1 Å². The number of aliphatic hydroxyl groups excluding tert-OH is 2. The minimum absolute atomic E-state index is 0.00926. The first-order valence-corrected chi connectivity index (χ1v) is 25.0. The maximum atomic E-state index is 14.4. The number of methoxy groups -OCH3 is 2. The third-order valence-electron chi connectivity index (χ3n) is 15.1. The van der Waals surface area contributed by atoms with Gasteiger partial charge in [-0.2, -0.15) is 0 Å². The Hall–Kier alpha value is -4.05. The van der Waals surface area contributed by atoms with E-state index in [0.29, 0.717) is 69.1 Å². The molecule has 4 heterocycles. The number of piperidine rings is 1. The second kappa shape index (κ2) is 25.2. The molecule has 0 aromatic carbocycles. The van der Waals surface area contributed by atoms with E-state index in [4.69, 9.17) is 23.4 Å². The lowest BCUT2D eigenvalue weighted by Gasteiger charge is -2.42. The van der Waals surface area contributed by atoms with Gasteiger partial charge in [-0.1, -0.05) is 76.6 Å². The largest absolute Gasteiger partial charge is 0.469 e. The van der Waals surface area contributed by atoms with Crippen molar-refractivity contribution < 1.29 is 62.7 Å². The molecule has 3 N–H and O–H groups in total. The monoisotopic (exact) mass is 950 g/mol. The van der Waals surface area contributed by atoms with Gasteiger partial charge in [0, 0.05) is 50.9 Å². The number of aliphatic hydroxyl groups is 3. The predicted molar refractivity (Wildman–Crippen MR) is 256 cm³/mol. The van der Waals surface area contributed by atoms with Crippen LogP contribution in [0.3, 0.4) is 0 Å². The normalized spacial score (nSPS) is 39.1. The van der Waals surface area contributed by atoms with Crippen LogP contribution in [0.1, 0.15) is 137 Å². The predicted octanol–water partition coefficient (Wildman–Crippen LogP) is 7.54. The van der Waals surface area contributed by atoms with Crippen LogP contribution in [0.25, 0.3) is 0 Å². The molecule has 2 bridgehead atoms. The molecule has 14 nitrogen and oxygen atoms in total. The van der Waals surface area contributed by atoms with Crippen molar-refractivity contribution in [2.24, 2.45) is 35.5 Å². The first kappa shape index (κ1) is 54.9. The fraction of sp³-hybridized carbons (Fsp3) is 0.685. The van der Waals surface area contributed by atoms with Crippen molar-refractivity contribution >= 4 is 29.2 Å². The van der Waals surface area contributed by atoms with E-state index >= 15 is 0 Å². The summed E-state index contributed by atoms with van der Waals surface area (Å²) in [6, 6.07) is 2.52. The summed E-state index contributed by atoms with van der Waals surface area (Å²) in [6.45, 7) is 12.8. The molecular weight excluding hydrogens is 871 g/mol. The van der Waals surface area contributed by atoms with Crippen LogP contribution in [-0.4, -0.2) is 119 Å². The highest BCUT2D eigenvalue weighted by atomic mass is 16.6. The highest BCUT2D eigenvalue weighted by Gasteiger charge is 2.53. The Morgan fingerprint density at radius 2 is 1.63 bits per heavy atom. The van der Waals surface area contributed by atoms with Crippen molar-refractivity contribution in [3.8, 4) is 0 Å². The van der Waals surface area contributed by atoms with Crippen molar-refractivity contribution in [2.45, 2.75) is 180 Å². The number of fused-ring (bicyclic) bond motifs is 3. The molecule has 1 aliphatic carbocycles. The molecule has 68 heavy (non-hydrogen) atoms. The zero-order chi connectivity index (χ0) is 49.9. The molecule has 1 amide bonds. The molecule has 15 atom stereocenters. The third-order valence-corrected chi connectivity index (χ3v) is 15.1. The van der Waals surface area contributed by atoms with E-state index in [1.54, 1.807) is 46.3 Å². The number of furan rings is 1. The number of Topliss-reactive ketones (excluding diaryl/α,β-unsaturated/α-hetero) is 3. The molecule has 1 aromatic rings. The number of rotatable bonds is 6. The minimum Gasteiger partial charge on any atom is -0.469 e. The zero-order valence-electron chi connectivity index (χ0n) is 41.8. The van der Waals surface area contributed by atoms with Gasteiger partial charge in [0.2, 0.25) is 5.79 Å². The number of ketones is 3. The summed E-state index contributed by atoms with van der Waals surface area (Å²) < 4.78 is 29.6. The number of hydrogen-bond acceptors (Lipinski definition) is 13. The number of cyclic esters (lactones) is 1. The first-order valence-electron chi connectivity index (χ1n) is 25.0. The van der Waals surface area contributed by atoms with Gasteiger partial charge in [0.05, 0.1) is 24.6 Å². The van der Waals surface area contributed by atoms with Gasteiger partial charge < -0.3 is 43.6 Å². The van der Waals surface area contributed by atoms with Crippen LogP contribution in [0.2, 0.25) is 0 Å². The molecule has 1 saturated carbocycles. The molecule has 4 aliphatic rings. The van der Waals surface area contributed by atoms with Gasteiger partial charge in [-0.3, -0.25) is 19.2 Å². The molecule has 3 fully saturated rings. The molecule has 2 saturated heterocycles. The summed E-state index contributed by atoms with van der Waals surface area (Å²) in [5.41, 5.74) is 1.33. The summed E-state index contributed by atoms with van der Waals surface area (Å²) in [6.07, 6.45) is 13.3. The van der Waals surface area contributed by atoms with E-state index in [2.05, 4.69) is 0 Å². The van der Waals surface area contributed by atoms with E-state index in [0.717, 1.165) is 12.0 Å². The number of esters is 1. The van der Waals surface area contributed by atoms with Crippen molar-refractivity contribution in [3.63, 3.8) is 0 Å². The van der Waals surface area contributed by atoms with Crippen LogP contribution in [0.5, 0.6) is 0 Å². The summed E-state index contributed by atoms with van der Waals surface area (Å²) in [7, 11) is 2.95. The van der Waals surface area contributed by atoms with Gasteiger partial charge in [0.15, 0.2) is 5.78 Å². The van der Waals surface area contributed by atoms with Crippen LogP contribution in [0.4, 0.5) is 0 Å². The Bertz CT molecular complexity index is 1990. The van der Waals surface area contributed by atoms with E-state index in [1.165, 1.54) is 12.0 Å². The Kier molecular flexibility index (Phi) is 20.3. The van der Waals surface area contributed by atoms with E-state index < -0.39 is 77.8 Å². The SMILES string of the molecule is CO[C@@H]1C[C@H](C[C@@H](C)[C@@H]2CC(=O)[C@H](C)/C=C(\C)[C@@H](O)[C@@H](OC)C(=O)[C@H](C)C[C@H](C)/C=C/C=C/C=C(\C)[C@@H](c3ccco3)CC3CC[C@@H](C)[C@@](O)(O3)C(=O)C(=O)N3CCCCC3C(=O)O2)CC[C@H]1O. The van der Waals surface area contributed by atoms with E-state index in [-0.39, 0.29) is 60.7 Å². The third kappa shape index (κ3) is 13.8. The van der Waals surface area contributed by atoms with Gasteiger partial charge in [-0.25, -0.2) is 4.79 Å². The summed E-state index contributed by atoms with van der Waals surface area (Å²) in [5.74, 6) is -7.63. The highest BCUT2D eigenvalue weighted by molar-refractivity contribution is 6.39. The van der Waals surface area contributed by atoms with Gasteiger partial charge in [-0.15, -0.1) is 0 Å². The number of allylic oxidation sites excluding steroid dienone is 7. The maximum absolute atomic E-state index is 14.4. The Morgan fingerprint density at radius 1 is 0.882 bits per heavy atom. The summed E-state index contributed by atoms with van der Waals surface area (Å²) in [4.78, 5) is 72.3. The molecule has 2 unspecified atom stereocenters. The number of nitrogens with zero attached hydrogens (tertiary/aromatic N) is 1. The number of carbonyl (C=O) groups excluding carboxylic acids is 5. The van der Waals surface area contributed by atoms with Crippen molar-refractivity contribution in [3.05, 3.63) is 71.8 Å². The van der Waals surface area contributed by atoms with Gasteiger partial charge >= 0.3 is 5.97 Å². The molecule has 378 valence electrons. The molecule has 3 aliphatic heterocycles. The Labute approximate surface area is 403 Å². The first-order chi connectivity index (χ1) is 32.3. The molecule has 14 heteroatoms. The standard InChI is InChI=1S/C54H79NO13/c1-32-16-11-10-12-17-33(2)41(45-19-15-25-66-45)30-40-22-20-38(7)54(63,68-40)51(60)52(61)55-24-14-13-18-42(55)53(62)67-46(35(4)28-39-21-23-43(56)47(29-39)64-8)31-44(57)34(3)27-37(6)49(59)50(65-9)48(58)36(5)26-32/h10-12,15-17,19,25,27,32,34-36,38-43,46-47,49-50,56,59,63H,13-14,18,20-24,26,28-31H2,1-9H3/b12-10+,16-11+,33-17+,37-27+/t32-,34-,35-,36-,38-,39+,40?,41+,42?,43-,46+,47-,49-,50+,54-/m1/s1. The lowest BCUT2D eigenvalue weighted by atomic mass is 9.78. The molecule has 5 rings (SSSR count). The summed E-state index contributed by atoms with van der Waals surface area (Å²) >= 11 is 0. The number of ether oxygens (including phenoxy) is 4. The highest BCUT2D eigenvalue weighted by Crippen LogP contribution is 2.40. The summed E-state index contributed by atoms with van der Waals surface area (Å²) in [5, 5.41) is 34.1. The van der Waals surface area contributed by atoms with Gasteiger partial charge in [0.1, 0.15) is 35.9 Å². The van der Waals surface area contributed by atoms with Crippen molar-refractivity contribution in [1.82, 2.24) is 4.90 Å². The fourth-order valence-electron chi connectivity index (χ4n) is 10.7. The number of hydrogen-bond donors (Lipinski definition) is 3. The second-order valence-electron chi connectivity index (χ2n) is 20.4. The maximum Gasteiger partial charge on any atom is 0.329 e. The van der Waals surface area contributed by atoms with Crippen LogP contribution in [0, 0.1) is 35.5 Å². The van der Waals surface area contributed by atoms with Gasteiger partial charge in [-0.05, 0) is 120 Å². The smallest absolute Gasteiger partial charge is 0.329 e. The Morgan fingerprint density at radius 3 is 2.32 bits per heavy atom. The lowest BCUT2D eigenvalue weighted by Crippen LogP contribution is -2.60. The average molecular weight is 950 g/mol. The minimum atomic E-state index is -2.45. The van der Waals surface area contributed by atoms with Crippen LogP contribution < -0.4 is 0 Å². The average Bonchev–Trinajstić information content (AvgIpc) is 3.86. The van der Waals surface area contributed by atoms with Crippen LogP contribution in [-0.2, 0) is 42.9 Å². The zero-order valence-corrected chi connectivity index (χ0v) is 41.8. The van der Waals surface area contributed by atoms with Crippen molar-refractivity contribution in [2.75, 3.05) is 20.8 Å². The van der Waals surface area contributed by atoms with Gasteiger partial charge in [0.25, 0.3) is 11.7 Å². The fourth-order valence-corrected chi connectivity index (χ4v) is 10.7. The quantitative estimate of drug-likeness (QED) is 0.144. The van der Waals surface area contributed by atoms with E-state index in [9.17, 15) is 39.3 Å². The molecule has 0 spiro atoms. The van der Waals surface area contributed by atoms with Crippen molar-refractivity contribution in [1.29, 1.82) is 0 Å². The van der Waals surface area contributed by atoms with Crippen LogP contribution in [0.15, 0.2) is 70.4 Å². The molecular formula is C54H79NO13. The van der Waals surface area contributed by atoms with Crippen LogP contribution >= 0.6 is 0 Å². The molecule has 0 radical (unpaired) electrons. The number of amides is 1. The Balaban J connectivity index is 1.49. The second-order valence-corrected chi connectivity index (χ2v) is 20.4. The molecule has 1 aromatic heterocycles.